The summed E-state index contributed by atoms with van der Waals surface area (Å²) in [7, 11) is -1.80. The molecule has 0 aromatic heterocycles. The van der Waals surface area contributed by atoms with Crippen molar-refractivity contribution >= 4 is 8.32 Å². The molecule has 0 heterocycles. The SMILES string of the molecule is CC[Si](O)(CC)C1CCCCC1. The maximum absolute atomic E-state index is 10.4. The zero-order valence-corrected chi connectivity index (χ0v) is 9.47. The summed E-state index contributed by atoms with van der Waals surface area (Å²) in [6.07, 6.45) is 6.74. The average molecular weight is 186 g/mol. The monoisotopic (exact) mass is 186 g/mol. The Balaban J connectivity index is 2.51. The molecule has 0 spiro atoms. The van der Waals surface area contributed by atoms with Crippen LogP contribution in [0, 0.1) is 0 Å². The Bertz CT molecular complexity index is 126. The molecule has 1 rings (SSSR count). The van der Waals surface area contributed by atoms with E-state index in [0.717, 1.165) is 17.6 Å². The van der Waals surface area contributed by atoms with Crippen LogP contribution in [0.5, 0.6) is 0 Å². The van der Waals surface area contributed by atoms with Crippen LogP contribution in [0.3, 0.4) is 0 Å². The van der Waals surface area contributed by atoms with Crippen molar-refractivity contribution in [2.24, 2.45) is 0 Å². The molecule has 0 aliphatic heterocycles. The average Bonchev–Trinajstić information content (AvgIpc) is 2.18. The van der Waals surface area contributed by atoms with Gasteiger partial charge < -0.3 is 4.80 Å². The lowest BCUT2D eigenvalue weighted by atomic mass is 10.0. The van der Waals surface area contributed by atoms with E-state index < -0.39 is 8.32 Å². The Labute approximate surface area is 77.3 Å². The largest absolute Gasteiger partial charge is 0.431 e. The first kappa shape index (κ1) is 10.3. The summed E-state index contributed by atoms with van der Waals surface area (Å²) in [6, 6.07) is 2.13. The zero-order chi connectivity index (χ0) is 9.03. The zero-order valence-electron chi connectivity index (χ0n) is 8.47. The fourth-order valence-corrected chi connectivity index (χ4v) is 5.60. The topological polar surface area (TPSA) is 20.2 Å². The summed E-state index contributed by atoms with van der Waals surface area (Å²) < 4.78 is 0. The molecule has 2 heteroatoms. The van der Waals surface area contributed by atoms with Gasteiger partial charge in [-0.15, -0.1) is 0 Å². The molecule has 0 amide bonds. The molecule has 0 unspecified atom stereocenters. The minimum Gasteiger partial charge on any atom is -0.431 e. The second-order valence-corrected chi connectivity index (χ2v) is 8.58. The first-order valence-electron chi connectivity index (χ1n) is 5.45. The number of rotatable bonds is 3. The molecular formula is C10H22OSi. The van der Waals surface area contributed by atoms with Gasteiger partial charge in [-0.3, -0.25) is 0 Å². The van der Waals surface area contributed by atoms with Crippen molar-refractivity contribution in [1.82, 2.24) is 0 Å². The Morgan fingerprint density at radius 2 is 1.58 bits per heavy atom. The van der Waals surface area contributed by atoms with Gasteiger partial charge in [0, 0.05) is 0 Å². The lowest BCUT2D eigenvalue weighted by molar-refractivity contribution is 0.424. The van der Waals surface area contributed by atoms with Crippen LogP contribution in [-0.2, 0) is 0 Å². The molecule has 1 N–H and O–H groups in total. The number of hydrogen-bond donors (Lipinski definition) is 1. The van der Waals surface area contributed by atoms with Crippen LogP contribution in [0.2, 0.25) is 17.6 Å². The lowest BCUT2D eigenvalue weighted by Gasteiger charge is -2.34. The molecule has 12 heavy (non-hydrogen) atoms. The van der Waals surface area contributed by atoms with Crippen molar-refractivity contribution in [1.29, 1.82) is 0 Å². The van der Waals surface area contributed by atoms with Gasteiger partial charge in [0.1, 0.15) is 0 Å². The van der Waals surface area contributed by atoms with E-state index in [1.807, 2.05) is 0 Å². The fraction of sp³-hybridized carbons (Fsp3) is 1.00. The van der Waals surface area contributed by atoms with E-state index in [2.05, 4.69) is 13.8 Å². The van der Waals surface area contributed by atoms with Gasteiger partial charge in [-0.25, -0.2) is 0 Å². The van der Waals surface area contributed by atoms with Crippen LogP contribution in [-0.4, -0.2) is 13.1 Å². The standard InChI is InChI=1S/C10H22OSi/c1-3-12(11,4-2)10-8-6-5-7-9-10/h10-11H,3-9H2,1-2H3. The molecule has 0 bridgehead atoms. The first-order valence-corrected chi connectivity index (χ1v) is 7.89. The molecule has 0 aromatic carbocycles. The Kier molecular flexibility index (Phi) is 3.78. The van der Waals surface area contributed by atoms with Gasteiger partial charge in [0.2, 0.25) is 0 Å². The normalized spacial score (nSPS) is 21.2. The third-order valence-electron chi connectivity index (χ3n) is 3.59. The predicted octanol–water partition coefficient (Wildman–Crippen LogP) is 3.30. The van der Waals surface area contributed by atoms with Crippen molar-refractivity contribution in [3.05, 3.63) is 0 Å². The summed E-state index contributed by atoms with van der Waals surface area (Å²) >= 11 is 0. The molecule has 0 radical (unpaired) electrons. The molecule has 72 valence electrons. The van der Waals surface area contributed by atoms with Crippen molar-refractivity contribution < 1.29 is 4.80 Å². The maximum Gasteiger partial charge on any atom is 0.191 e. The third kappa shape index (κ3) is 2.11. The first-order chi connectivity index (χ1) is 5.73. The van der Waals surface area contributed by atoms with Gasteiger partial charge in [0.15, 0.2) is 8.32 Å². The van der Waals surface area contributed by atoms with Gasteiger partial charge in [-0.1, -0.05) is 46.0 Å². The molecule has 1 aliphatic rings. The Morgan fingerprint density at radius 1 is 1.08 bits per heavy atom. The molecule has 1 saturated carbocycles. The summed E-state index contributed by atoms with van der Waals surface area (Å²) in [5, 5.41) is 0. The van der Waals surface area contributed by atoms with Crippen LogP contribution in [0.4, 0.5) is 0 Å². The predicted molar refractivity (Wildman–Crippen MR) is 55.8 cm³/mol. The van der Waals surface area contributed by atoms with Crippen LogP contribution in [0.15, 0.2) is 0 Å². The molecular weight excluding hydrogens is 164 g/mol. The van der Waals surface area contributed by atoms with Crippen molar-refractivity contribution in [3.63, 3.8) is 0 Å². The van der Waals surface area contributed by atoms with Crippen molar-refractivity contribution in [2.75, 3.05) is 0 Å². The second-order valence-electron chi connectivity index (χ2n) is 4.15. The highest BCUT2D eigenvalue weighted by Crippen LogP contribution is 2.39. The van der Waals surface area contributed by atoms with E-state index in [1.165, 1.54) is 32.1 Å². The highest BCUT2D eigenvalue weighted by molar-refractivity contribution is 6.73. The van der Waals surface area contributed by atoms with Crippen LogP contribution < -0.4 is 0 Å². The van der Waals surface area contributed by atoms with E-state index in [0.29, 0.717) is 0 Å². The van der Waals surface area contributed by atoms with Gasteiger partial charge in [-0.05, 0) is 17.6 Å². The fourth-order valence-electron chi connectivity index (χ4n) is 2.47. The summed E-state index contributed by atoms with van der Waals surface area (Å²) in [5.74, 6) is 0. The molecule has 0 saturated heterocycles. The van der Waals surface area contributed by atoms with Gasteiger partial charge in [0.25, 0.3) is 0 Å². The molecule has 1 aliphatic carbocycles. The lowest BCUT2D eigenvalue weighted by Crippen LogP contribution is -2.39. The maximum atomic E-state index is 10.4. The van der Waals surface area contributed by atoms with Crippen LogP contribution in [0.25, 0.3) is 0 Å². The molecule has 1 nitrogen and oxygen atoms in total. The summed E-state index contributed by atoms with van der Waals surface area (Å²) in [4.78, 5) is 10.4. The Hall–Kier alpha value is 0.177. The van der Waals surface area contributed by atoms with Crippen LogP contribution >= 0.6 is 0 Å². The smallest absolute Gasteiger partial charge is 0.191 e. The van der Waals surface area contributed by atoms with E-state index in [4.69, 9.17) is 0 Å². The molecule has 0 atom stereocenters. The highest BCUT2D eigenvalue weighted by Gasteiger charge is 2.36. The third-order valence-corrected chi connectivity index (χ3v) is 8.14. The highest BCUT2D eigenvalue weighted by atomic mass is 28.4. The van der Waals surface area contributed by atoms with Gasteiger partial charge in [0.05, 0.1) is 0 Å². The number of hydrogen-bond acceptors (Lipinski definition) is 1. The van der Waals surface area contributed by atoms with E-state index in [-0.39, 0.29) is 0 Å². The minimum absolute atomic E-state index is 0.723. The Morgan fingerprint density at radius 3 is 2.00 bits per heavy atom. The molecule has 0 aromatic rings. The summed E-state index contributed by atoms with van der Waals surface area (Å²) in [5.41, 5.74) is 0.723. The second kappa shape index (κ2) is 4.42. The van der Waals surface area contributed by atoms with Crippen LogP contribution in [0.1, 0.15) is 46.0 Å². The van der Waals surface area contributed by atoms with Gasteiger partial charge in [-0.2, -0.15) is 0 Å². The van der Waals surface area contributed by atoms with E-state index in [1.54, 1.807) is 0 Å². The van der Waals surface area contributed by atoms with Crippen molar-refractivity contribution in [2.45, 2.75) is 63.6 Å². The minimum atomic E-state index is -1.80. The van der Waals surface area contributed by atoms with E-state index in [9.17, 15) is 4.80 Å². The quantitative estimate of drug-likeness (QED) is 0.671. The van der Waals surface area contributed by atoms with Gasteiger partial charge >= 0.3 is 0 Å². The molecule has 1 fully saturated rings. The summed E-state index contributed by atoms with van der Waals surface area (Å²) in [6.45, 7) is 4.34. The van der Waals surface area contributed by atoms with E-state index >= 15 is 0 Å². The van der Waals surface area contributed by atoms with Crippen molar-refractivity contribution in [3.8, 4) is 0 Å².